The Balaban J connectivity index is 2.12. The fourth-order valence-corrected chi connectivity index (χ4v) is 3.22. The quantitative estimate of drug-likeness (QED) is 0.718. The van der Waals surface area contributed by atoms with Crippen molar-refractivity contribution in [3.05, 3.63) is 54.6 Å². The topological polar surface area (TPSA) is 20.3 Å². The van der Waals surface area contributed by atoms with Gasteiger partial charge < -0.3 is 4.90 Å². The zero-order chi connectivity index (χ0) is 14.0. The third-order valence-corrected chi connectivity index (χ3v) is 5.24. The Morgan fingerprint density at radius 1 is 1.32 bits per heavy atom. The van der Waals surface area contributed by atoms with Gasteiger partial charge in [-0.1, -0.05) is 15.9 Å². The van der Waals surface area contributed by atoms with Gasteiger partial charge in [0.1, 0.15) is 0 Å². The number of thiophene rings is 1. The van der Waals surface area contributed by atoms with Gasteiger partial charge in [0.2, 0.25) is 0 Å². The van der Waals surface area contributed by atoms with E-state index >= 15 is 0 Å². The van der Waals surface area contributed by atoms with Crippen LogP contribution in [0.1, 0.15) is 21.5 Å². The molecule has 0 N–H and O–H groups in total. The van der Waals surface area contributed by atoms with E-state index in [1.54, 1.807) is 16.2 Å². The van der Waals surface area contributed by atoms with Crippen LogP contribution in [0.3, 0.4) is 0 Å². The smallest absolute Gasteiger partial charge is 0.253 e. The van der Waals surface area contributed by atoms with Gasteiger partial charge in [0, 0.05) is 23.6 Å². The van der Waals surface area contributed by atoms with E-state index in [9.17, 15) is 4.79 Å². The van der Waals surface area contributed by atoms with Gasteiger partial charge in [0.05, 0.1) is 3.79 Å². The van der Waals surface area contributed by atoms with Crippen LogP contribution in [0.5, 0.6) is 0 Å². The molecular formula is C14H13Br2NOS. The molecule has 0 spiro atoms. The molecule has 2 nitrogen and oxygen atoms in total. The van der Waals surface area contributed by atoms with E-state index < -0.39 is 0 Å². The first-order valence-electron chi connectivity index (χ1n) is 5.72. The molecule has 0 unspecified atom stereocenters. The first-order valence-corrected chi connectivity index (χ1v) is 8.18. The number of amides is 1. The highest BCUT2D eigenvalue weighted by Gasteiger charge is 2.13. The second-order valence-corrected chi connectivity index (χ2v) is 7.53. The molecule has 0 fully saturated rings. The number of rotatable bonds is 3. The molecule has 5 heteroatoms. The molecule has 1 aromatic heterocycles. The minimum atomic E-state index is 0.0397. The Bertz CT molecular complexity index is 609. The number of hydrogen-bond donors (Lipinski definition) is 0. The van der Waals surface area contributed by atoms with E-state index in [-0.39, 0.29) is 5.91 Å². The number of aryl methyl sites for hydroxylation is 1. The van der Waals surface area contributed by atoms with Crippen LogP contribution in [0.4, 0.5) is 0 Å². The van der Waals surface area contributed by atoms with Crippen molar-refractivity contribution >= 4 is 49.1 Å². The SMILES string of the molecule is Cc1cc(C(=O)N(C)Cc2csc(Br)c2)ccc1Br. The Morgan fingerprint density at radius 3 is 2.63 bits per heavy atom. The molecule has 100 valence electrons. The molecule has 0 radical (unpaired) electrons. The fraction of sp³-hybridized carbons (Fsp3) is 0.214. The van der Waals surface area contributed by atoms with E-state index in [4.69, 9.17) is 0 Å². The predicted octanol–water partition coefficient (Wildman–Crippen LogP) is 4.85. The molecule has 0 saturated carbocycles. The number of halogens is 2. The summed E-state index contributed by atoms with van der Waals surface area (Å²) < 4.78 is 2.11. The lowest BCUT2D eigenvalue weighted by molar-refractivity contribution is 0.0785. The normalized spacial score (nSPS) is 10.5. The number of nitrogens with zero attached hydrogens (tertiary/aromatic N) is 1. The highest BCUT2D eigenvalue weighted by molar-refractivity contribution is 9.11. The predicted molar refractivity (Wildman–Crippen MR) is 86.7 cm³/mol. The van der Waals surface area contributed by atoms with Crippen molar-refractivity contribution in [1.82, 2.24) is 4.90 Å². The van der Waals surface area contributed by atoms with Crippen LogP contribution < -0.4 is 0 Å². The average molecular weight is 403 g/mol. The van der Waals surface area contributed by atoms with Crippen LogP contribution in [0.2, 0.25) is 0 Å². The third-order valence-electron chi connectivity index (χ3n) is 2.79. The van der Waals surface area contributed by atoms with Crippen molar-refractivity contribution in [2.75, 3.05) is 7.05 Å². The molecule has 0 aliphatic heterocycles. The van der Waals surface area contributed by atoms with Crippen LogP contribution >= 0.6 is 43.2 Å². The van der Waals surface area contributed by atoms with Crippen molar-refractivity contribution in [3.8, 4) is 0 Å². The molecule has 0 bridgehead atoms. The molecule has 0 saturated heterocycles. The van der Waals surface area contributed by atoms with E-state index in [1.165, 1.54) is 0 Å². The van der Waals surface area contributed by atoms with Crippen LogP contribution in [-0.4, -0.2) is 17.9 Å². The molecule has 2 aromatic rings. The minimum Gasteiger partial charge on any atom is -0.337 e. The Labute approximate surface area is 133 Å². The zero-order valence-corrected chi connectivity index (χ0v) is 14.6. The molecule has 1 heterocycles. The van der Waals surface area contributed by atoms with E-state index in [0.717, 1.165) is 24.9 Å². The van der Waals surface area contributed by atoms with Gasteiger partial charge in [-0.05, 0) is 63.6 Å². The van der Waals surface area contributed by atoms with E-state index in [1.807, 2.05) is 38.2 Å². The van der Waals surface area contributed by atoms with Gasteiger partial charge in [0.15, 0.2) is 0 Å². The lowest BCUT2D eigenvalue weighted by Crippen LogP contribution is -2.26. The number of benzene rings is 1. The molecular weight excluding hydrogens is 390 g/mol. The summed E-state index contributed by atoms with van der Waals surface area (Å²) in [4.78, 5) is 14.1. The zero-order valence-electron chi connectivity index (χ0n) is 10.6. The van der Waals surface area contributed by atoms with Gasteiger partial charge in [0.25, 0.3) is 5.91 Å². The Kier molecular flexibility index (Phi) is 4.81. The van der Waals surface area contributed by atoms with Crippen molar-refractivity contribution in [1.29, 1.82) is 0 Å². The fourth-order valence-electron chi connectivity index (χ4n) is 1.77. The molecule has 0 atom stereocenters. The standard InChI is InChI=1S/C14H13Br2NOS/c1-9-5-11(3-4-12(9)15)14(18)17(2)7-10-6-13(16)19-8-10/h3-6,8H,7H2,1-2H3. The summed E-state index contributed by atoms with van der Waals surface area (Å²) in [6, 6.07) is 7.71. The van der Waals surface area contributed by atoms with Crippen LogP contribution in [0.15, 0.2) is 37.9 Å². The highest BCUT2D eigenvalue weighted by Crippen LogP contribution is 2.22. The van der Waals surface area contributed by atoms with Crippen molar-refractivity contribution in [2.24, 2.45) is 0 Å². The van der Waals surface area contributed by atoms with E-state index in [2.05, 4.69) is 37.2 Å². The van der Waals surface area contributed by atoms with Crippen molar-refractivity contribution < 1.29 is 4.79 Å². The Morgan fingerprint density at radius 2 is 2.05 bits per heavy atom. The van der Waals surface area contributed by atoms with Crippen molar-refractivity contribution in [3.63, 3.8) is 0 Å². The molecule has 2 rings (SSSR count). The van der Waals surface area contributed by atoms with Gasteiger partial charge in [-0.2, -0.15) is 0 Å². The maximum atomic E-state index is 12.3. The van der Waals surface area contributed by atoms with Gasteiger partial charge in [-0.25, -0.2) is 0 Å². The molecule has 19 heavy (non-hydrogen) atoms. The van der Waals surface area contributed by atoms with Gasteiger partial charge in [-0.3, -0.25) is 4.79 Å². The minimum absolute atomic E-state index is 0.0397. The maximum absolute atomic E-state index is 12.3. The lowest BCUT2D eigenvalue weighted by Gasteiger charge is -2.17. The first kappa shape index (κ1) is 14.8. The largest absolute Gasteiger partial charge is 0.337 e. The van der Waals surface area contributed by atoms with Crippen LogP contribution in [-0.2, 0) is 6.54 Å². The summed E-state index contributed by atoms with van der Waals surface area (Å²) in [5.41, 5.74) is 2.93. The second kappa shape index (κ2) is 6.20. The first-order chi connectivity index (χ1) is 8.97. The van der Waals surface area contributed by atoms with Gasteiger partial charge >= 0.3 is 0 Å². The molecule has 1 aromatic carbocycles. The summed E-state index contributed by atoms with van der Waals surface area (Å²) in [6.07, 6.45) is 0. The number of carbonyl (C=O) groups excluding carboxylic acids is 1. The van der Waals surface area contributed by atoms with E-state index in [0.29, 0.717) is 6.54 Å². The van der Waals surface area contributed by atoms with Gasteiger partial charge in [-0.15, -0.1) is 11.3 Å². The van der Waals surface area contributed by atoms with Crippen LogP contribution in [0, 0.1) is 6.92 Å². The maximum Gasteiger partial charge on any atom is 0.253 e. The number of carbonyl (C=O) groups is 1. The lowest BCUT2D eigenvalue weighted by atomic mass is 10.1. The molecule has 0 aliphatic carbocycles. The third kappa shape index (κ3) is 3.68. The molecule has 0 aliphatic rings. The summed E-state index contributed by atoms with van der Waals surface area (Å²) >= 11 is 8.51. The summed E-state index contributed by atoms with van der Waals surface area (Å²) in [5.74, 6) is 0.0397. The summed E-state index contributed by atoms with van der Waals surface area (Å²) in [7, 11) is 1.82. The van der Waals surface area contributed by atoms with Crippen LogP contribution in [0.25, 0.3) is 0 Å². The highest BCUT2D eigenvalue weighted by atomic mass is 79.9. The number of hydrogen-bond acceptors (Lipinski definition) is 2. The molecule has 1 amide bonds. The second-order valence-electron chi connectivity index (χ2n) is 4.38. The summed E-state index contributed by atoms with van der Waals surface area (Å²) in [5, 5.41) is 2.06. The Hall–Kier alpha value is -0.650. The summed E-state index contributed by atoms with van der Waals surface area (Å²) in [6.45, 7) is 2.60. The average Bonchev–Trinajstić information content (AvgIpc) is 2.77. The van der Waals surface area contributed by atoms with Crippen molar-refractivity contribution in [2.45, 2.75) is 13.5 Å². The monoisotopic (exact) mass is 401 g/mol.